The molecule has 7 rings (SSSR count). The largest absolute Gasteiger partial charge is 0.309 e. The van der Waals surface area contributed by atoms with Crippen LogP contribution in [-0.2, 0) is 21.7 Å². The topological polar surface area (TPSA) is 9.86 Å². The first-order valence-corrected chi connectivity index (χ1v) is 18.0. The SMILES string of the molecule is Cc1c(-n2c3cc(C(C)(C)C)ccc3c3ccc(C(C)(C)C)cc32)cccc1-n1c2cc(C(C)(C)C)ccc2c2ccc(C(C)(C)C)cc21. The summed E-state index contributed by atoms with van der Waals surface area (Å²) in [6.07, 6.45) is 0. The molecule has 0 bridgehead atoms. The average molecular weight is 647 g/mol. The standard InChI is InChI=1S/C47H54N2/c1-29-38(48-40-25-30(44(2,3)4)17-21-34(40)35-22-18-31(26-41(35)48)45(5,6)7)15-14-16-39(29)49-42-27-32(46(8,9)10)19-23-36(42)37-24-20-33(28-43(37)49)47(11,12)13/h14-28H,1-13H3. The normalized spacial score (nSPS) is 13.4. The van der Waals surface area contributed by atoms with Gasteiger partial charge in [0.05, 0.1) is 33.4 Å². The molecule has 252 valence electrons. The van der Waals surface area contributed by atoms with E-state index in [0.29, 0.717) is 0 Å². The molecule has 2 heterocycles. The molecule has 0 spiro atoms. The first-order chi connectivity index (χ1) is 22.7. The van der Waals surface area contributed by atoms with Gasteiger partial charge in [-0.15, -0.1) is 0 Å². The van der Waals surface area contributed by atoms with Crippen molar-refractivity contribution in [3.8, 4) is 11.4 Å². The van der Waals surface area contributed by atoms with Crippen molar-refractivity contribution >= 4 is 43.6 Å². The number of benzene rings is 5. The monoisotopic (exact) mass is 646 g/mol. The number of fused-ring (bicyclic) bond motifs is 6. The molecule has 0 saturated carbocycles. The summed E-state index contributed by atoms with van der Waals surface area (Å²) in [5.41, 5.74) is 14.3. The van der Waals surface area contributed by atoms with Gasteiger partial charge in [-0.3, -0.25) is 0 Å². The third kappa shape index (κ3) is 5.49. The van der Waals surface area contributed by atoms with E-state index in [0.717, 1.165) is 0 Å². The summed E-state index contributed by atoms with van der Waals surface area (Å²) in [5.74, 6) is 0. The summed E-state index contributed by atoms with van der Waals surface area (Å²) < 4.78 is 5.09. The fourth-order valence-corrected chi connectivity index (χ4v) is 7.52. The molecule has 0 fully saturated rings. The Kier molecular flexibility index (Phi) is 7.35. The quantitative estimate of drug-likeness (QED) is 0.177. The van der Waals surface area contributed by atoms with Gasteiger partial charge in [0.2, 0.25) is 0 Å². The predicted molar refractivity (Wildman–Crippen MR) is 215 cm³/mol. The van der Waals surface area contributed by atoms with E-state index < -0.39 is 0 Å². The van der Waals surface area contributed by atoms with E-state index in [1.165, 1.54) is 82.8 Å². The first kappa shape index (κ1) is 33.2. The number of hydrogen-bond acceptors (Lipinski definition) is 0. The van der Waals surface area contributed by atoms with Crippen molar-refractivity contribution < 1.29 is 0 Å². The van der Waals surface area contributed by atoms with Crippen molar-refractivity contribution in [3.63, 3.8) is 0 Å². The van der Waals surface area contributed by atoms with E-state index in [1.807, 2.05) is 0 Å². The van der Waals surface area contributed by atoms with E-state index in [2.05, 4.69) is 190 Å². The third-order valence-electron chi connectivity index (χ3n) is 10.8. The summed E-state index contributed by atoms with van der Waals surface area (Å²) in [4.78, 5) is 0. The zero-order chi connectivity index (χ0) is 35.4. The van der Waals surface area contributed by atoms with Crippen molar-refractivity contribution in [2.75, 3.05) is 0 Å². The van der Waals surface area contributed by atoms with Crippen molar-refractivity contribution in [2.45, 2.75) is 112 Å². The molecule has 0 aliphatic carbocycles. The summed E-state index contributed by atoms with van der Waals surface area (Å²) in [5, 5.41) is 5.20. The molecule has 2 nitrogen and oxygen atoms in total. The molecular weight excluding hydrogens is 593 g/mol. The number of aromatic nitrogens is 2. The molecule has 0 atom stereocenters. The Labute approximate surface area is 293 Å². The molecule has 0 radical (unpaired) electrons. The molecule has 0 aliphatic rings. The lowest BCUT2D eigenvalue weighted by atomic mass is 9.86. The van der Waals surface area contributed by atoms with Gasteiger partial charge >= 0.3 is 0 Å². The van der Waals surface area contributed by atoms with Gasteiger partial charge in [0.25, 0.3) is 0 Å². The highest BCUT2D eigenvalue weighted by atomic mass is 15.0. The zero-order valence-corrected chi connectivity index (χ0v) is 32.1. The Balaban J connectivity index is 1.60. The molecule has 5 aromatic carbocycles. The highest BCUT2D eigenvalue weighted by Gasteiger charge is 2.25. The maximum Gasteiger partial charge on any atom is 0.0544 e. The fraction of sp³-hybridized carbons (Fsp3) is 0.362. The van der Waals surface area contributed by atoms with Crippen LogP contribution >= 0.6 is 0 Å². The van der Waals surface area contributed by atoms with E-state index in [4.69, 9.17) is 0 Å². The van der Waals surface area contributed by atoms with Crippen molar-refractivity contribution in [1.29, 1.82) is 0 Å². The Morgan fingerprint density at radius 2 is 0.592 bits per heavy atom. The summed E-state index contributed by atoms with van der Waals surface area (Å²) in [6, 6.07) is 35.3. The van der Waals surface area contributed by atoms with Gasteiger partial charge in [-0.05, 0) is 92.8 Å². The van der Waals surface area contributed by atoms with Crippen LogP contribution in [0.3, 0.4) is 0 Å². The van der Waals surface area contributed by atoms with Gasteiger partial charge in [0, 0.05) is 21.5 Å². The highest BCUT2D eigenvalue weighted by Crippen LogP contribution is 2.41. The van der Waals surface area contributed by atoms with Gasteiger partial charge < -0.3 is 9.13 Å². The van der Waals surface area contributed by atoms with Crippen LogP contribution in [0.15, 0.2) is 91.0 Å². The minimum absolute atomic E-state index is 0.0431. The minimum Gasteiger partial charge on any atom is -0.309 e. The lowest BCUT2D eigenvalue weighted by molar-refractivity contribution is 0.590. The van der Waals surface area contributed by atoms with Crippen LogP contribution in [0.5, 0.6) is 0 Å². The molecule has 7 aromatic rings. The zero-order valence-electron chi connectivity index (χ0n) is 32.1. The number of nitrogens with zero attached hydrogens (tertiary/aromatic N) is 2. The second-order valence-corrected chi connectivity index (χ2v) is 18.5. The molecule has 0 saturated heterocycles. The molecule has 0 unspecified atom stereocenters. The Morgan fingerprint density at radius 3 is 0.816 bits per heavy atom. The van der Waals surface area contributed by atoms with Crippen molar-refractivity contribution in [2.24, 2.45) is 0 Å². The minimum atomic E-state index is 0.0431. The fourth-order valence-electron chi connectivity index (χ4n) is 7.52. The molecule has 2 heteroatoms. The highest BCUT2D eigenvalue weighted by molar-refractivity contribution is 6.11. The second kappa shape index (κ2) is 10.8. The van der Waals surface area contributed by atoms with E-state index in [9.17, 15) is 0 Å². The molecule has 0 aliphatic heterocycles. The smallest absolute Gasteiger partial charge is 0.0544 e. The Bertz CT molecular complexity index is 2100. The second-order valence-electron chi connectivity index (χ2n) is 18.5. The van der Waals surface area contributed by atoms with Gasteiger partial charge in [-0.2, -0.15) is 0 Å². The van der Waals surface area contributed by atoms with Gasteiger partial charge in [0.1, 0.15) is 0 Å². The first-order valence-electron chi connectivity index (χ1n) is 18.0. The number of rotatable bonds is 2. The van der Waals surface area contributed by atoms with Crippen LogP contribution in [0.1, 0.15) is 111 Å². The maximum absolute atomic E-state index is 2.54. The van der Waals surface area contributed by atoms with Crippen LogP contribution in [0.2, 0.25) is 0 Å². The number of hydrogen-bond donors (Lipinski definition) is 0. The van der Waals surface area contributed by atoms with Crippen LogP contribution in [-0.4, -0.2) is 9.13 Å². The lowest BCUT2D eigenvalue weighted by Gasteiger charge is -2.22. The van der Waals surface area contributed by atoms with Crippen LogP contribution < -0.4 is 0 Å². The molecule has 49 heavy (non-hydrogen) atoms. The summed E-state index contributed by atoms with van der Waals surface area (Å²) in [6.45, 7) is 30.0. The van der Waals surface area contributed by atoms with E-state index in [-0.39, 0.29) is 21.7 Å². The molecule has 2 aromatic heterocycles. The Hall–Kier alpha value is -4.30. The average Bonchev–Trinajstić information content (AvgIpc) is 3.51. The van der Waals surface area contributed by atoms with E-state index in [1.54, 1.807) is 0 Å². The predicted octanol–water partition coefficient (Wildman–Crippen LogP) is 13.4. The summed E-state index contributed by atoms with van der Waals surface area (Å²) in [7, 11) is 0. The maximum atomic E-state index is 2.54. The van der Waals surface area contributed by atoms with Gasteiger partial charge in [-0.25, -0.2) is 0 Å². The molecule has 0 N–H and O–H groups in total. The van der Waals surface area contributed by atoms with Gasteiger partial charge in [-0.1, -0.05) is 138 Å². The van der Waals surface area contributed by atoms with Crippen LogP contribution in [0.25, 0.3) is 55.0 Å². The Morgan fingerprint density at radius 1 is 0.347 bits per heavy atom. The lowest BCUT2D eigenvalue weighted by Crippen LogP contribution is -2.12. The van der Waals surface area contributed by atoms with Crippen molar-refractivity contribution in [1.82, 2.24) is 9.13 Å². The van der Waals surface area contributed by atoms with Crippen molar-refractivity contribution in [3.05, 3.63) is 119 Å². The van der Waals surface area contributed by atoms with Gasteiger partial charge in [0.15, 0.2) is 0 Å². The molecular formula is C47H54N2. The van der Waals surface area contributed by atoms with E-state index >= 15 is 0 Å². The summed E-state index contributed by atoms with van der Waals surface area (Å²) >= 11 is 0. The third-order valence-corrected chi connectivity index (χ3v) is 10.8. The van der Waals surface area contributed by atoms with Crippen LogP contribution in [0.4, 0.5) is 0 Å². The van der Waals surface area contributed by atoms with Crippen LogP contribution in [0, 0.1) is 6.92 Å². The molecule has 0 amide bonds.